The van der Waals surface area contributed by atoms with Crippen molar-refractivity contribution in [2.75, 3.05) is 26.3 Å². The number of likely N-dealkylation sites (tertiary alicyclic amines) is 1. The van der Waals surface area contributed by atoms with E-state index in [2.05, 4.69) is 28.1 Å². The van der Waals surface area contributed by atoms with Crippen molar-refractivity contribution >= 4 is 22.0 Å². The number of rotatable bonds is 6. The second kappa shape index (κ2) is 8.85. The first-order chi connectivity index (χ1) is 13.0. The van der Waals surface area contributed by atoms with Crippen LogP contribution >= 0.6 is 15.9 Å². The first-order valence-electron chi connectivity index (χ1n) is 9.05. The molecule has 144 valence electrons. The molecule has 4 nitrogen and oxygen atoms in total. The molecule has 1 heterocycles. The van der Waals surface area contributed by atoms with Crippen LogP contribution in [-0.2, 0) is 16.6 Å². The molecule has 0 bridgehead atoms. The molecule has 0 spiro atoms. The van der Waals surface area contributed by atoms with Crippen molar-refractivity contribution in [3.63, 3.8) is 0 Å². The number of halogens is 2. The van der Waals surface area contributed by atoms with Crippen molar-refractivity contribution < 1.29 is 19.0 Å². The third kappa shape index (κ3) is 5.08. The maximum absolute atomic E-state index is 13.5. The molecule has 0 aliphatic carbocycles. The second-order valence-corrected chi connectivity index (χ2v) is 7.91. The third-order valence-corrected chi connectivity index (χ3v) is 5.67. The van der Waals surface area contributed by atoms with Gasteiger partial charge in [-0.1, -0.05) is 46.3 Å². The van der Waals surface area contributed by atoms with Gasteiger partial charge in [-0.15, -0.1) is 0 Å². The highest BCUT2D eigenvalue weighted by Crippen LogP contribution is 2.36. The van der Waals surface area contributed by atoms with Gasteiger partial charge in [0.15, 0.2) is 0 Å². The molecule has 3 rings (SSSR count). The zero-order chi connectivity index (χ0) is 19.3. The lowest BCUT2D eigenvalue weighted by Crippen LogP contribution is -2.47. The number of ether oxygens (including phenoxy) is 1. The Morgan fingerprint density at radius 2 is 1.89 bits per heavy atom. The van der Waals surface area contributed by atoms with Crippen LogP contribution in [0.2, 0.25) is 0 Å². The summed E-state index contributed by atoms with van der Waals surface area (Å²) in [6.07, 6.45) is 1.22. The van der Waals surface area contributed by atoms with Gasteiger partial charge in [0, 0.05) is 23.0 Å². The molecule has 2 aromatic rings. The monoisotopic (exact) mass is 435 g/mol. The summed E-state index contributed by atoms with van der Waals surface area (Å²) in [5.41, 5.74) is 1.88. The molecule has 1 aliphatic rings. The normalized spacial score (nSPS) is 16.3. The maximum atomic E-state index is 13.5. The van der Waals surface area contributed by atoms with Crippen molar-refractivity contribution in [1.29, 1.82) is 0 Å². The van der Waals surface area contributed by atoms with Crippen LogP contribution in [0.4, 0.5) is 9.18 Å². The number of hydrogen-bond donors (Lipinski definition) is 1. The minimum absolute atomic E-state index is 0.185. The number of carbonyl (C=O) groups is 1. The Balaban J connectivity index is 1.63. The molecule has 1 fully saturated rings. The fourth-order valence-corrected chi connectivity index (χ4v) is 4.16. The maximum Gasteiger partial charge on any atom is 0.407 e. The number of carboxylic acid groups (broad SMARTS) is 1. The summed E-state index contributed by atoms with van der Waals surface area (Å²) in [5, 5.41) is 9.22. The van der Waals surface area contributed by atoms with Gasteiger partial charge in [0.1, 0.15) is 5.82 Å². The molecule has 6 heteroatoms. The van der Waals surface area contributed by atoms with E-state index >= 15 is 0 Å². The predicted molar refractivity (Wildman–Crippen MR) is 106 cm³/mol. The fourth-order valence-electron chi connectivity index (χ4n) is 3.65. The SMILES string of the molecule is O=C(O)N1CCC(COCCc2cc(F)cc(Br)c2)(c2ccccc2)CC1. The van der Waals surface area contributed by atoms with Gasteiger partial charge in [-0.3, -0.25) is 0 Å². The number of benzene rings is 2. The molecule has 0 atom stereocenters. The predicted octanol–water partition coefficient (Wildman–Crippen LogP) is 4.86. The summed E-state index contributed by atoms with van der Waals surface area (Å²) in [6, 6.07) is 15.0. The average Bonchev–Trinajstić information content (AvgIpc) is 2.65. The van der Waals surface area contributed by atoms with Gasteiger partial charge in [-0.2, -0.15) is 0 Å². The molecule has 2 aromatic carbocycles. The molecular formula is C21H23BrFNO3. The van der Waals surface area contributed by atoms with Crippen LogP contribution in [0.15, 0.2) is 53.0 Å². The average molecular weight is 436 g/mol. The number of piperidine rings is 1. The Bertz CT molecular complexity index is 756. The Morgan fingerprint density at radius 1 is 1.19 bits per heavy atom. The summed E-state index contributed by atoms with van der Waals surface area (Å²) in [6.45, 7) is 2.03. The molecule has 27 heavy (non-hydrogen) atoms. The van der Waals surface area contributed by atoms with Crippen LogP contribution < -0.4 is 0 Å². The summed E-state index contributed by atoms with van der Waals surface area (Å²) in [4.78, 5) is 12.7. The van der Waals surface area contributed by atoms with Crippen LogP contribution in [0.25, 0.3) is 0 Å². The lowest BCUT2D eigenvalue weighted by Gasteiger charge is -2.41. The molecule has 0 saturated carbocycles. The van der Waals surface area contributed by atoms with Gasteiger partial charge in [0.05, 0.1) is 13.2 Å². The largest absolute Gasteiger partial charge is 0.465 e. The second-order valence-electron chi connectivity index (χ2n) is 7.00. The quantitative estimate of drug-likeness (QED) is 0.659. The molecular weight excluding hydrogens is 413 g/mol. The molecule has 1 aliphatic heterocycles. The van der Waals surface area contributed by atoms with E-state index in [9.17, 15) is 14.3 Å². The summed E-state index contributed by atoms with van der Waals surface area (Å²) >= 11 is 3.31. The van der Waals surface area contributed by atoms with Crippen LogP contribution in [0, 0.1) is 5.82 Å². The summed E-state index contributed by atoms with van der Waals surface area (Å²) in [5.74, 6) is -0.263. The van der Waals surface area contributed by atoms with Gasteiger partial charge in [-0.05, 0) is 48.6 Å². The molecule has 0 radical (unpaired) electrons. The Morgan fingerprint density at radius 3 is 2.52 bits per heavy atom. The van der Waals surface area contributed by atoms with Gasteiger partial charge >= 0.3 is 6.09 Å². The fraction of sp³-hybridized carbons (Fsp3) is 0.381. The van der Waals surface area contributed by atoms with E-state index in [0.29, 0.717) is 32.7 Å². The van der Waals surface area contributed by atoms with Gasteiger partial charge in [-0.25, -0.2) is 9.18 Å². The zero-order valence-electron chi connectivity index (χ0n) is 15.0. The van der Waals surface area contributed by atoms with Gasteiger partial charge in [0.2, 0.25) is 0 Å². The van der Waals surface area contributed by atoms with Crippen molar-refractivity contribution in [3.8, 4) is 0 Å². The zero-order valence-corrected chi connectivity index (χ0v) is 16.6. The van der Waals surface area contributed by atoms with E-state index in [1.54, 1.807) is 0 Å². The van der Waals surface area contributed by atoms with E-state index < -0.39 is 6.09 Å². The first-order valence-corrected chi connectivity index (χ1v) is 9.84. The van der Waals surface area contributed by atoms with Gasteiger partial charge in [0.25, 0.3) is 0 Å². The molecule has 1 amide bonds. The van der Waals surface area contributed by atoms with Gasteiger partial charge < -0.3 is 14.7 Å². The Labute approximate surface area is 167 Å². The van der Waals surface area contributed by atoms with Crippen molar-refractivity contribution in [1.82, 2.24) is 4.90 Å². The van der Waals surface area contributed by atoms with Crippen LogP contribution in [0.3, 0.4) is 0 Å². The first kappa shape index (κ1) is 19.8. The smallest absolute Gasteiger partial charge is 0.407 e. The minimum atomic E-state index is -0.866. The van der Waals surface area contributed by atoms with E-state index in [4.69, 9.17) is 4.74 Å². The Hall–Kier alpha value is -1.92. The lowest BCUT2D eigenvalue weighted by atomic mass is 9.73. The Kier molecular flexibility index (Phi) is 6.50. The number of nitrogens with zero attached hydrogens (tertiary/aromatic N) is 1. The van der Waals surface area contributed by atoms with Crippen LogP contribution in [-0.4, -0.2) is 42.4 Å². The summed E-state index contributed by atoms with van der Waals surface area (Å²) in [7, 11) is 0. The number of hydrogen-bond acceptors (Lipinski definition) is 2. The molecule has 0 aromatic heterocycles. The highest BCUT2D eigenvalue weighted by molar-refractivity contribution is 9.10. The summed E-state index contributed by atoms with van der Waals surface area (Å²) < 4.78 is 20.2. The highest BCUT2D eigenvalue weighted by atomic mass is 79.9. The van der Waals surface area contributed by atoms with E-state index in [1.807, 2.05) is 24.3 Å². The van der Waals surface area contributed by atoms with Crippen LogP contribution in [0.1, 0.15) is 24.0 Å². The van der Waals surface area contributed by atoms with Crippen LogP contribution in [0.5, 0.6) is 0 Å². The standard InChI is InChI=1S/C21H23BrFNO3/c22-18-12-16(13-19(23)14-18)6-11-27-15-21(17-4-2-1-3-5-17)7-9-24(10-8-21)20(25)26/h1-5,12-14H,6-11,15H2,(H,25,26). The highest BCUT2D eigenvalue weighted by Gasteiger charge is 2.37. The number of amides is 1. The van der Waals surface area contributed by atoms with E-state index in [0.717, 1.165) is 22.9 Å². The molecule has 1 saturated heterocycles. The van der Waals surface area contributed by atoms with Crippen molar-refractivity contribution in [2.24, 2.45) is 0 Å². The van der Waals surface area contributed by atoms with Crippen molar-refractivity contribution in [2.45, 2.75) is 24.7 Å². The van der Waals surface area contributed by atoms with E-state index in [1.165, 1.54) is 22.6 Å². The topological polar surface area (TPSA) is 49.8 Å². The molecule has 1 N–H and O–H groups in total. The third-order valence-electron chi connectivity index (χ3n) is 5.21. The minimum Gasteiger partial charge on any atom is -0.465 e. The van der Waals surface area contributed by atoms with Crippen molar-refractivity contribution in [3.05, 3.63) is 69.9 Å². The van der Waals surface area contributed by atoms with E-state index in [-0.39, 0.29) is 11.2 Å². The lowest BCUT2D eigenvalue weighted by molar-refractivity contribution is 0.0460. The molecule has 0 unspecified atom stereocenters.